The Labute approximate surface area is 152 Å². The van der Waals surface area contributed by atoms with Crippen molar-refractivity contribution in [2.24, 2.45) is 0 Å². The van der Waals surface area contributed by atoms with Crippen LogP contribution in [0.4, 0.5) is 0 Å². The lowest BCUT2D eigenvalue weighted by atomic mass is 10.0. The standard InChI is InChI=1S/C20H43NO.ClH/c1-4-6-7-8-9-10-11-12-13-14-15-16-17-18-19-21-20(3,22)5-2;/h21-22H,4-19H2,1-3H3;1H. The molecule has 0 saturated heterocycles. The van der Waals surface area contributed by atoms with E-state index in [-0.39, 0.29) is 12.4 Å². The van der Waals surface area contributed by atoms with Gasteiger partial charge in [-0.2, -0.15) is 0 Å². The summed E-state index contributed by atoms with van der Waals surface area (Å²) in [6.45, 7) is 7.10. The maximum absolute atomic E-state index is 9.82. The van der Waals surface area contributed by atoms with E-state index in [4.69, 9.17) is 0 Å². The number of nitrogens with one attached hydrogen (secondary N) is 1. The Balaban J connectivity index is 0. The molecule has 3 heteroatoms. The summed E-state index contributed by atoms with van der Waals surface area (Å²) in [5, 5.41) is 13.0. The molecule has 0 aliphatic rings. The van der Waals surface area contributed by atoms with Crippen molar-refractivity contribution in [2.75, 3.05) is 6.54 Å². The molecule has 142 valence electrons. The molecule has 0 aliphatic heterocycles. The van der Waals surface area contributed by atoms with Crippen LogP contribution in [0.15, 0.2) is 0 Å². The molecule has 0 aliphatic carbocycles. The zero-order valence-electron chi connectivity index (χ0n) is 16.2. The molecule has 0 saturated carbocycles. The number of unbranched alkanes of at least 4 members (excludes halogenated alkanes) is 13. The van der Waals surface area contributed by atoms with Crippen LogP contribution in [0.1, 0.15) is 117 Å². The van der Waals surface area contributed by atoms with Crippen LogP contribution in [0.3, 0.4) is 0 Å². The molecule has 0 rings (SSSR count). The second-order valence-electron chi connectivity index (χ2n) is 7.15. The van der Waals surface area contributed by atoms with E-state index >= 15 is 0 Å². The largest absolute Gasteiger partial charge is 0.376 e. The molecule has 1 atom stereocenters. The summed E-state index contributed by atoms with van der Waals surface area (Å²) in [5.41, 5.74) is -0.670. The molecule has 0 heterocycles. The summed E-state index contributed by atoms with van der Waals surface area (Å²) in [5.74, 6) is 0. The van der Waals surface area contributed by atoms with Gasteiger partial charge >= 0.3 is 0 Å². The number of rotatable bonds is 17. The van der Waals surface area contributed by atoms with E-state index in [1.165, 1.54) is 89.9 Å². The van der Waals surface area contributed by atoms with Gasteiger partial charge in [-0.05, 0) is 26.3 Å². The van der Waals surface area contributed by atoms with Gasteiger partial charge in [0.15, 0.2) is 0 Å². The van der Waals surface area contributed by atoms with Crippen molar-refractivity contribution in [3.63, 3.8) is 0 Å². The quantitative estimate of drug-likeness (QED) is 0.229. The fourth-order valence-electron chi connectivity index (χ4n) is 2.80. The van der Waals surface area contributed by atoms with Gasteiger partial charge in [0, 0.05) is 0 Å². The highest BCUT2D eigenvalue weighted by Crippen LogP contribution is 2.13. The first kappa shape index (κ1) is 25.5. The average Bonchev–Trinajstić information content (AvgIpc) is 2.51. The molecular weight excluding hydrogens is 306 g/mol. The zero-order valence-corrected chi connectivity index (χ0v) is 17.0. The number of hydrogen-bond acceptors (Lipinski definition) is 2. The molecule has 0 aromatic heterocycles. The van der Waals surface area contributed by atoms with Crippen LogP contribution in [0.2, 0.25) is 0 Å². The van der Waals surface area contributed by atoms with E-state index < -0.39 is 5.72 Å². The van der Waals surface area contributed by atoms with Gasteiger partial charge in [-0.3, -0.25) is 5.32 Å². The predicted octanol–water partition coefficient (Wildman–Crippen LogP) is 6.60. The smallest absolute Gasteiger partial charge is 0.112 e. The summed E-state index contributed by atoms with van der Waals surface area (Å²) in [6.07, 6.45) is 20.3. The minimum Gasteiger partial charge on any atom is -0.376 e. The van der Waals surface area contributed by atoms with Gasteiger partial charge in [-0.1, -0.05) is 97.3 Å². The molecule has 0 spiro atoms. The summed E-state index contributed by atoms with van der Waals surface area (Å²) >= 11 is 0. The first-order valence-electron chi connectivity index (χ1n) is 10.1. The van der Waals surface area contributed by atoms with Gasteiger partial charge in [0.25, 0.3) is 0 Å². The van der Waals surface area contributed by atoms with Crippen LogP contribution in [0, 0.1) is 0 Å². The van der Waals surface area contributed by atoms with E-state index in [1.54, 1.807) is 0 Å². The van der Waals surface area contributed by atoms with E-state index in [9.17, 15) is 5.11 Å². The number of aliphatic hydroxyl groups is 1. The molecular formula is C20H44ClNO. The van der Waals surface area contributed by atoms with Gasteiger partial charge in [0.2, 0.25) is 0 Å². The van der Waals surface area contributed by atoms with Gasteiger partial charge in [-0.15, -0.1) is 12.4 Å². The van der Waals surface area contributed by atoms with Crippen molar-refractivity contribution in [1.82, 2.24) is 5.32 Å². The fourth-order valence-corrected chi connectivity index (χ4v) is 2.80. The highest BCUT2D eigenvalue weighted by Gasteiger charge is 2.14. The van der Waals surface area contributed by atoms with Crippen LogP contribution >= 0.6 is 12.4 Å². The van der Waals surface area contributed by atoms with Crippen LogP contribution < -0.4 is 5.32 Å². The molecule has 0 aromatic carbocycles. The predicted molar refractivity (Wildman–Crippen MR) is 106 cm³/mol. The van der Waals surface area contributed by atoms with Crippen LogP contribution in [0.5, 0.6) is 0 Å². The molecule has 0 amide bonds. The summed E-state index contributed by atoms with van der Waals surface area (Å²) in [7, 11) is 0. The number of hydrogen-bond donors (Lipinski definition) is 2. The molecule has 0 aromatic rings. The first-order chi connectivity index (χ1) is 10.6. The maximum Gasteiger partial charge on any atom is 0.112 e. The minimum absolute atomic E-state index is 0. The third-order valence-electron chi connectivity index (χ3n) is 4.72. The van der Waals surface area contributed by atoms with Crippen molar-refractivity contribution in [3.8, 4) is 0 Å². The van der Waals surface area contributed by atoms with Crippen molar-refractivity contribution in [1.29, 1.82) is 0 Å². The van der Waals surface area contributed by atoms with Crippen molar-refractivity contribution < 1.29 is 5.11 Å². The Morgan fingerprint density at radius 2 is 1.00 bits per heavy atom. The van der Waals surface area contributed by atoms with Crippen LogP contribution in [-0.2, 0) is 0 Å². The first-order valence-corrected chi connectivity index (χ1v) is 10.1. The lowest BCUT2D eigenvalue weighted by Crippen LogP contribution is -2.41. The topological polar surface area (TPSA) is 32.3 Å². The normalized spacial score (nSPS) is 13.6. The Bertz CT molecular complexity index is 222. The van der Waals surface area contributed by atoms with Crippen LogP contribution in [-0.4, -0.2) is 17.4 Å². The van der Waals surface area contributed by atoms with Crippen molar-refractivity contribution >= 4 is 12.4 Å². The monoisotopic (exact) mass is 349 g/mol. The second kappa shape index (κ2) is 18.5. The molecule has 0 radical (unpaired) electrons. The van der Waals surface area contributed by atoms with Gasteiger partial charge in [0.1, 0.15) is 5.72 Å². The van der Waals surface area contributed by atoms with E-state index in [0.29, 0.717) is 0 Å². The number of halogens is 1. The Morgan fingerprint density at radius 1 is 0.652 bits per heavy atom. The Kier molecular flexibility index (Phi) is 20.5. The molecule has 2 nitrogen and oxygen atoms in total. The van der Waals surface area contributed by atoms with Gasteiger partial charge in [-0.25, -0.2) is 0 Å². The fraction of sp³-hybridized carbons (Fsp3) is 1.00. The third-order valence-corrected chi connectivity index (χ3v) is 4.72. The summed E-state index contributed by atoms with van der Waals surface area (Å²) in [6, 6.07) is 0. The minimum atomic E-state index is -0.670. The summed E-state index contributed by atoms with van der Waals surface area (Å²) in [4.78, 5) is 0. The lowest BCUT2D eigenvalue weighted by molar-refractivity contribution is 0.0203. The summed E-state index contributed by atoms with van der Waals surface area (Å²) < 4.78 is 0. The molecule has 23 heavy (non-hydrogen) atoms. The Morgan fingerprint density at radius 3 is 1.35 bits per heavy atom. The molecule has 0 fully saturated rings. The SMILES string of the molecule is CCCCCCCCCCCCCCCCNC(C)(O)CC.Cl. The van der Waals surface area contributed by atoms with E-state index in [2.05, 4.69) is 12.2 Å². The molecule has 0 bridgehead atoms. The van der Waals surface area contributed by atoms with Crippen molar-refractivity contribution in [2.45, 2.75) is 123 Å². The molecule has 1 unspecified atom stereocenters. The van der Waals surface area contributed by atoms with Crippen LogP contribution in [0.25, 0.3) is 0 Å². The van der Waals surface area contributed by atoms with Gasteiger partial charge < -0.3 is 5.11 Å². The average molecular weight is 350 g/mol. The highest BCUT2D eigenvalue weighted by molar-refractivity contribution is 5.85. The second-order valence-corrected chi connectivity index (χ2v) is 7.15. The highest BCUT2D eigenvalue weighted by atomic mass is 35.5. The molecule has 2 N–H and O–H groups in total. The zero-order chi connectivity index (χ0) is 16.5. The lowest BCUT2D eigenvalue weighted by Gasteiger charge is -2.22. The van der Waals surface area contributed by atoms with E-state index in [0.717, 1.165) is 13.0 Å². The Hall–Kier alpha value is 0.210. The van der Waals surface area contributed by atoms with Crippen molar-refractivity contribution in [3.05, 3.63) is 0 Å². The van der Waals surface area contributed by atoms with Gasteiger partial charge in [0.05, 0.1) is 0 Å². The maximum atomic E-state index is 9.82. The van der Waals surface area contributed by atoms with E-state index in [1.807, 2.05) is 13.8 Å². The third kappa shape index (κ3) is 20.2.